The Morgan fingerprint density at radius 1 is 0.407 bits per heavy atom. The van der Waals surface area contributed by atoms with Gasteiger partial charge in [-0.25, -0.2) is 0 Å². The molecule has 0 bridgehead atoms. The number of para-hydroxylation sites is 1. The van der Waals surface area contributed by atoms with Crippen molar-refractivity contribution in [3.63, 3.8) is 0 Å². The summed E-state index contributed by atoms with van der Waals surface area (Å²) < 4.78 is 7.03. The smallest absolute Gasteiger partial charge is 0.0541 e. The van der Waals surface area contributed by atoms with Gasteiger partial charge in [0.15, 0.2) is 0 Å². The van der Waals surface area contributed by atoms with Crippen LogP contribution in [0.4, 0.5) is 0 Å². The molecule has 3 nitrogen and oxygen atoms in total. The van der Waals surface area contributed by atoms with E-state index < -0.39 is 0 Å². The Hall–Kier alpha value is -6.32. The van der Waals surface area contributed by atoms with Crippen molar-refractivity contribution in [1.82, 2.24) is 13.7 Å². The molecule has 10 aromatic rings. The summed E-state index contributed by atoms with van der Waals surface area (Å²) in [5.41, 5.74) is 16.1. The Labute approximate surface area is 318 Å². The molecule has 0 spiro atoms. The van der Waals surface area contributed by atoms with Crippen molar-refractivity contribution in [2.24, 2.45) is 14.1 Å². The van der Waals surface area contributed by atoms with Gasteiger partial charge >= 0.3 is 0 Å². The molecule has 0 N–H and O–H groups in total. The molecule has 0 unspecified atom stereocenters. The standard InChI is InChI=1S/C46H35N3.C3H6.C2H6/c1-28-10-16-41-35(22-28)37-24-30(12-18-43(37)47(41)3)32-14-20-45-39(26-32)40-27-33(15-21-46(40)49(45)34-8-6-5-7-9-34)31-13-19-44-38(25-31)36-23-29(2)11-17-42(36)48(44)4;1-3-2;1-2/h5-27H,1-4H3;3H,1H2,2H3;1-2H3. The first-order valence-corrected chi connectivity index (χ1v) is 19.0. The maximum absolute atomic E-state index is 3.36. The zero-order chi connectivity index (χ0) is 37.7. The van der Waals surface area contributed by atoms with E-state index in [1.165, 1.54) is 104 Å². The number of rotatable bonds is 3. The fourth-order valence-electron chi connectivity index (χ4n) is 8.26. The Morgan fingerprint density at radius 2 is 0.704 bits per heavy atom. The summed E-state index contributed by atoms with van der Waals surface area (Å²) in [7, 11) is 4.33. The molecule has 0 aliphatic rings. The second-order valence-electron chi connectivity index (χ2n) is 14.2. The van der Waals surface area contributed by atoms with Gasteiger partial charge in [-0.2, -0.15) is 0 Å². The highest BCUT2D eigenvalue weighted by Crippen LogP contribution is 2.40. The topological polar surface area (TPSA) is 14.8 Å². The molecule has 7 aromatic carbocycles. The summed E-state index contributed by atoms with van der Waals surface area (Å²) in [5.74, 6) is 0. The number of aryl methyl sites for hydroxylation is 4. The van der Waals surface area contributed by atoms with Gasteiger partial charge in [0.1, 0.15) is 0 Å². The third kappa shape index (κ3) is 5.59. The molecule has 0 atom stereocenters. The zero-order valence-corrected chi connectivity index (χ0v) is 32.4. The van der Waals surface area contributed by atoms with Crippen LogP contribution in [0.3, 0.4) is 0 Å². The average Bonchev–Trinajstić information content (AvgIpc) is 3.79. The van der Waals surface area contributed by atoms with Crippen LogP contribution >= 0.6 is 0 Å². The number of allylic oxidation sites excluding steroid dienone is 1. The third-order valence-corrected chi connectivity index (χ3v) is 10.8. The molecular formula is C51H47N3. The molecular weight excluding hydrogens is 655 g/mol. The number of hydrogen-bond donors (Lipinski definition) is 0. The van der Waals surface area contributed by atoms with Crippen molar-refractivity contribution in [2.45, 2.75) is 34.6 Å². The quantitative estimate of drug-likeness (QED) is 0.163. The van der Waals surface area contributed by atoms with Gasteiger partial charge in [0.2, 0.25) is 0 Å². The van der Waals surface area contributed by atoms with E-state index in [0.717, 1.165) is 0 Å². The highest BCUT2D eigenvalue weighted by molar-refractivity contribution is 6.14. The molecule has 266 valence electrons. The first-order valence-electron chi connectivity index (χ1n) is 19.0. The molecule has 0 aliphatic heterocycles. The average molecular weight is 702 g/mol. The van der Waals surface area contributed by atoms with E-state index in [2.05, 4.69) is 188 Å². The summed E-state index contributed by atoms with van der Waals surface area (Å²) in [6, 6.07) is 52.1. The van der Waals surface area contributed by atoms with Crippen LogP contribution in [0.1, 0.15) is 31.9 Å². The highest BCUT2D eigenvalue weighted by Gasteiger charge is 2.17. The summed E-state index contributed by atoms with van der Waals surface area (Å²) in [5, 5.41) is 7.73. The molecule has 54 heavy (non-hydrogen) atoms. The predicted molar refractivity (Wildman–Crippen MR) is 236 cm³/mol. The third-order valence-electron chi connectivity index (χ3n) is 10.8. The molecule has 3 aromatic heterocycles. The molecule has 3 heteroatoms. The first kappa shape index (κ1) is 34.7. The van der Waals surface area contributed by atoms with Crippen molar-refractivity contribution in [3.05, 3.63) is 163 Å². The van der Waals surface area contributed by atoms with Crippen molar-refractivity contribution in [3.8, 4) is 27.9 Å². The minimum atomic E-state index is 1.17. The Morgan fingerprint density at radius 3 is 1.07 bits per heavy atom. The second-order valence-corrected chi connectivity index (χ2v) is 14.2. The minimum absolute atomic E-state index is 1.17. The van der Waals surface area contributed by atoms with E-state index in [1.807, 2.05) is 20.8 Å². The van der Waals surface area contributed by atoms with Crippen LogP contribution in [0.25, 0.3) is 93.4 Å². The van der Waals surface area contributed by atoms with Gasteiger partial charge in [-0.1, -0.05) is 85.6 Å². The molecule has 0 saturated heterocycles. The maximum atomic E-state index is 3.36. The predicted octanol–water partition coefficient (Wildman–Crippen LogP) is 14.2. The Balaban J connectivity index is 0.000000790. The second kappa shape index (κ2) is 13.9. The van der Waals surface area contributed by atoms with Crippen LogP contribution in [0.2, 0.25) is 0 Å². The van der Waals surface area contributed by atoms with Crippen LogP contribution in [-0.2, 0) is 14.1 Å². The molecule has 0 amide bonds. The summed E-state index contributed by atoms with van der Waals surface area (Å²) in [6.45, 7) is 13.6. The van der Waals surface area contributed by atoms with E-state index >= 15 is 0 Å². The molecule has 10 rings (SSSR count). The largest absolute Gasteiger partial charge is 0.344 e. The lowest BCUT2D eigenvalue weighted by Crippen LogP contribution is -1.93. The molecule has 0 radical (unpaired) electrons. The minimum Gasteiger partial charge on any atom is -0.344 e. The van der Waals surface area contributed by atoms with Gasteiger partial charge in [-0.15, -0.1) is 6.58 Å². The van der Waals surface area contributed by atoms with Gasteiger partial charge in [0.25, 0.3) is 0 Å². The Bertz CT molecular complexity index is 2840. The van der Waals surface area contributed by atoms with Crippen molar-refractivity contribution in [2.75, 3.05) is 0 Å². The Kier molecular flexibility index (Phi) is 8.95. The number of benzene rings is 7. The highest BCUT2D eigenvalue weighted by atomic mass is 15.0. The number of aromatic nitrogens is 3. The van der Waals surface area contributed by atoms with Gasteiger partial charge < -0.3 is 13.7 Å². The van der Waals surface area contributed by atoms with E-state index in [-0.39, 0.29) is 0 Å². The normalized spacial score (nSPS) is 11.3. The summed E-state index contributed by atoms with van der Waals surface area (Å²) in [4.78, 5) is 0. The van der Waals surface area contributed by atoms with Crippen LogP contribution < -0.4 is 0 Å². The van der Waals surface area contributed by atoms with Gasteiger partial charge in [0, 0.05) is 74.2 Å². The molecule has 0 saturated carbocycles. The van der Waals surface area contributed by atoms with Crippen LogP contribution in [-0.4, -0.2) is 13.7 Å². The van der Waals surface area contributed by atoms with Crippen molar-refractivity contribution in [1.29, 1.82) is 0 Å². The lowest BCUT2D eigenvalue weighted by Gasteiger charge is -2.09. The van der Waals surface area contributed by atoms with Crippen molar-refractivity contribution < 1.29 is 0 Å². The van der Waals surface area contributed by atoms with Gasteiger partial charge in [0.05, 0.1) is 11.0 Å². The number of hydrogen-bond acceptors (Lipinski definition) is 0. The maximum Gasteiger partial charge on any atom is 0.0541 e. The summed E-state index contributed by atoms with van der Waals surface area (Å²) >= 11 is 0. The van der Waals surface area contributed by atoms with Crippen molar-refractivity contribution >= 4 is 65.4 Å². The fraction of sp³-hybridized carbons (Fsp3) is 0.137. The van der Waals surface area contributed by atoms with E-state index in [0.29, 0.717) is 0 Å². The van der Waals surface area contributed by atoms with E-state index in [1.54, 1.807) is 6.08 Å². The molecule has 0 aliphatic carbocycles. The summed E-state index contributed by atoms with van der Waals surface area (Å²) in [6.07, 6.45) is 1.75. The van der Waals surface area contributed by atoms with Crippen LogP contribution in [0, 0.1) is 13.8 Å². The van der Waals surface area contributed by atoms with E-state index in [9.17, 15) is 0 Å². The monoisotopic (exact) mass is 701 g/mol. The van der Waals surface area contributed by atoms with Gasteiger partial charge in [-0.3, -0.25) is 0 Å². The van der Waals surface area contributed by atoms with E-state index in [4.69, 9.17) is 0 Å². The van der Waals surface area contributed by atoms with Crippen LogP contribution in [0.5, 0.6) is 0 Å². The SMILES string of the molecule is C=CC.CC.Cc1ccc2c(c1)c1cc(-c3ccc4c(c3)c3cc(-c5ccc6c(c5)c5cc(C)ccc5n6C)ccc3n4-c3ccccc3)ccc1n2C. The van der Waals surface area contributed by atoms with Crippen LogP contribution in [0.15, 0.2) is 152 Å². The number of nitrogens with zero attached hydrogens (tertiary/aromatic N) is 3. The molecule has 0 fully saturated rings. The molecule has 3 heterocycles. The first-order chi connectivity index (χ1) is 26.3. The fourth-order valence-corrected chi connectivity index (χ4v) is 8.26. The zero-order valence-electron chi connectivity index (χ0n) is 32.4. The lowest BCUT2D eigenvalue weighted by molar-refractivity contribution is 1.01. The van der Waals surface area contributed by atoms with Gasteiger partial charge in [-0.05, 0) is 128 Å². The lowest BCUT2D eigenvalue weighted by atomic mass is 9.98. The number of fused-ring (bicyclic) bond motifs is 9.